The van der Waals surface area contributed by atoms with Crippen LogP contribution in [-0.4, -0.2) is 64.1 Å². The summed E-state index contributed by atoms with van der Waals surface area (Å²) in [5.74, 6) is 2.34. The molecule has 2 N–H and O–H groups in total. The van der Waals surface area contributed by atoms with Gasteiger partial charge < -0.3 is 15.1 Å². The fourth-order valence-corrected chi connectivity index (χ4v) is 7.77. The summed E-state index contributed by atoms with van der Waals surface area (Å²) in [6.07, 6.45) is 6.69. The number of hydrogen-bond donors (Lipinski definition) is 2. The minimum absolute atomic E-state index is 0.314. The number of aromatic nitrogens is 3. The van der Waals surface area contributed by atoms with Crippen LogP contribution in [0.4, 0.5) is 17.5 Å². The van der Waals surface area contributed by atoms with E-state index in [1.54, 1.807) is 6.07 Å². The third-order valence-corrected chi connectivity index (χ3v) is 10.6. The van der Waals surface area contributed by atoms with Gasteiger partial charge in [0.05, 0.1) is 10.4 Å². The van der Waals surface area contributed by atoms with Crippen LogP contribution in [0.2, 0.25) is 0 Å². The first kappa shape index (κ1) is 31.7. The van der Waals surface area contributed by atoms with Crippen LogP contribution in [0.3, 0.4) is 0 Å². The second-order valence-corrected chi connectivity index (χ2v) is 14.3. The van der Waals surface area contributed by atoms with Crippen LogP contribution in [0.15, 0.2) is 90.0 Å². The molecular weight excluding hydrogens is 595 g/mol. The number of hydrogen-bond acceptors (Lipinski definition) is 8. The first-order chi connectivity index (χ1) is 22.3. The normalized spacial score (nSPS) is 16.8. The number of likely N-dealkylation sites (N-methyl/N-ethyl adjacent to an activating group) is 1. The number of para-hydroxylation sites is 1. The molecule has 0 amide bonds. The van der Waals surface area contributed by atoms with Crippen LogP contribution in [0.25, 0.3) is 21.7 Å². The van der Waals surface area contributed by atoms with Gasteiger partial charge in [-0.15, -0.1) is 0 Å². The molecule has 0 bridgehead atoms. The van der Waals surface area contributed by atoms with Crippen LogP contribution in [0.5, 0.6) is 0 Å². The molecule has 2 heterocycles. The number of nitrogens with one attached hydrogen (secondary N) is 2. The zero-order valence-corrected chi connectivity index (χ0v) is 27.7. The highest BCUT2D eigenvalue weighted by molar-refractivity contribution is 7.89. The van der Waals surface area contributed by atoms with Crippen LogP contribution in [0.1, 0.15) is 31.4 Å². The second kappa shape index (κ2) is 14.0. The molecule has 0 spiro atoms. The van der Waals surface area contributed by atoms with Crippen molar-refractivity contribution in [1.82, 2.24) is 19.7 Å². The predicted molar refractivity (Wildman–Crippen MR) is 188 cm³/mol. The summed E-state index contributed by atoms with van der Waals surface area (Å²) in [7, 11) is 2.36. The molecule has 0 radical (unpaired) electrons. The van der Waals surface area contributed by atoms with E-state index < -0.39 is 10.0 Å². The van der Waals surface area contributed by atoms with Crippen molar-refractivity contribution in [3.05, 3.63) is 90.8 Å². The molecule has 1 fully saturated rings. The molecule has 5 aromatic rings. The third kappa shape index (κ3) is 7.24. The number of benzene rings is 3. The van der Waals surface area contributed by atoms with Crippen molar-refractivity contribution in [3.8, 4) is 0 Å². The molecule has 1 aliphatic carbocycles. The Kier molecular flexibility index (Phi) is 9.65. The summed E-state index contributed by atoms with van der Waals surface area (Å²) in [5.41, 5.74) is 2.97. The van der Waals surface area contributed by atoms with Gasteiger partial charge in [-0.05, 0) is 73.9 Å². The maximum atomic E-state index is 13.4. The smallest absolute Gasteiger partial charge is 0.241 e. The molecule has 0 saturated heterocycles. The fraction of sp³-hybridized carbons (Fsp3) is 0.361. The Bertz CT molecular complexity index is 1890. The number of rotatable bonds is 12. The maximum Gasteiger partial charge on any atom is 0.241 e. The quantitative estimate of drug-likeness (QED) is 0.169. The van der Waals surface area contributed by atoms with E-state index in [-0.39, 0.29) is 0 Å². The summed E-state index contributed by atoms with van der Waals surface area (Å²) in [4.78, 5) is 18.7. The first-order valence-corrected chi connectivity index (χ1v) is 17.6. The van der Waals surface area contributed by atoms with E-state index in [1.807, 2.05) is 85.9 Å². The van der Waals surface area contributed by atoms with Crippen molar-refractivity contribution in [2.24, 2.45) is 11.8 Å². The van der Waals surface area contributed by atoms with Gasteiger partial charge in [-0.1, -0.05) is 42.5 Å². The van der Waals surface area contributed by atoms with Gasteiger partial charge in [0.1, 0.15) is 5.82 Å². The lowest BCUT2D eigenvalue weighted by atomic mass is 9.82. The second-order valence-electron chi connectivity index (χ2n) is 12.5. The highest BCUT2D eigenvalue weighted by Gasteiger charge is 2.25. The number of anilines is 3. The fourth-order valence-electron chi connectivity index (χ4n) is 6.43. The molecule has 3 aromatic carbocycles. The van der Waals surface area contributed by atoms with E-state index in [0.717, 1.165) is 84.1 Å². The largest absolute Gasteiger partial charge is 0.377 e. The van der Waals surface area contributed by atoms with Crippen LogP contribution >= 0.6 is 0 Å². The zero-order valence-electron chi connectivity index (χ0n) is 26.9. The molecule has 6 rings (SSSR count). The maximum absolute atomic E-state index is 13.4. The minimum Gasteiger partial charge on any atom is -0.377 e. The van der Waals surface area contributed by atoms with Gasteiger partial charge in [-0.3, -0.25) is 4.98 Å². The monoisotopic (exact) mass is 637 g/mol. The number of sulfonamides is 1. The average molecular weight is 638 g/mol. The lowest BCUT2D eigenvalue weighted by molar-refractivity contribution is 0.284. The Labute approximate surface area is 272 Å². The lowest BCUT2D eigenvalue weighted by Gasteiger charge is -2.29. The number of fused-ring (bicyclic) bond motifs is 2. The van der Waals surface area contributed by atoms with Gasteiger partial charge in [0.25, 0.3) is 0 Å². The van der Waals surface area contributed by atoms with Crippen molar-refractivity contribution >= 4 is 49.2 Å². The van der Waals surface area contributed by atoms with E-state index in [1.165, 1.54) is 0 Å². The molecule has 0 aliphatic heterocycles. The summed E-state index contributed by atoms with van der Waals surface area (Å²) in [6, 6.07) is 25.4. The molecule has 1 saturated carbocycles. The van der Waals surface area contributed by atoms with E-state index in [9.17, 15) is 8.42 Å². The molecule has 10 heteroatoms. The van der Waals surface area contributed by atoms with Crippen molar-refractivity contribution in [2.45, 2.75) is 37.0 Å². The summed E-state index contributed by atoms with van der Waals surface area (Å²) in [6.45, 7) is 2.04. The predicted octanol–water partition coefficient (Wildman–Crippen LogP) is 6.12. The molecule has 1 aliphatic rings. The van der Waals surface area contributed by atoms with Gasteiger partial charge >= 0.3 is 0 Å². The van der Waals surface area contributed by atoms with E-state index in [0.29, 0.717) is 29.2 Å². The Hall–Kier alpha value is -4.28. The summed E-state index contributed by atoms with van der Waals surface area (Å²) >= 11 is 0. The van der Waals surface area contributed by atoms with Gasteiger partial charge in [-0.25, -0.2) is 18.1 Å². The van der Waals surface area contributed by atoms with Crippen LogP contribution < -0.4 is 19.8 Å². The third-order valence-electron chi connectivity index (χ3n) is 9.08. The Morgan fingerprint density at radius 1 is 0.761 bits per heavy atom. The van der Waals surface area contributed by atoms with Gasteiger partial charge in [0, 0.05) is 80.9 Å². The molecular formula is C36H43N7O2S. The highest BCUT2D eigenvalue weighted by atomic mass is 32.2. The summed E-state index contributed by atoms with van der Waals surface area (Å²) in [5, 5.41) is 6.23. The molecule has 9 nitrogen and oxygen atoms in total. The zero-order chi connectivity index (χ0) is 32.1. The highest BCUT2D eigenvalue weighted by Crippen LogP contribution is 2.32. The average Bonchev–Trinajstić information content (AvgIpc) is 3.08. The molecule has 0 unspecified atom stereocenters. The Morgan fingerprint density at radius 3 is 2.22 bits per heavy atom. The minimum atomic E-state index is -3.64. The number of nitrogens with zero attached hydrogens (tertiary/aromatic N) is 5. The van der Waals surface area contributed by atoms with Crippen molar-refractivity contribution in [3.63, 3.8) is 0 Å². The van der Waals surface area contributed by atoms with E-state index in [4.69, 9.17) is 9.97 Å². The van der Waals surface area contributed by atoms with E-state index >= 15 is 0 Å². The number of pyridine rings is 1. The molecule has 0 atom stereocenters. The van der Waals surface area contributed by atoms with Crippen molar-refractivity contribution in [1.29, 1.82) is 0 Å². The molecule has 46 heavy (non-hydrogen) atoms. The van der Waals surface area contributed by atoms with Crippen molar-refractivity contribution in [2.75, 3.05) is 55.9 Å². The Morgan fingerprint density at radius 2 is 1.46 bits per heavy atom. The molecule has 2 aromatic heterocycles. The van der Waals surface area contributed by atoms with Crippen molar-refractivity contribution < 1.29 is 8.42 Å². The van der Waals surface area contributed by atoms with Gasteiger partial charge in [0.2, 0.25) is 16.0 Å². The van der Waals surface area contributed by atoms with Crippen LogP contribution in [0, 0.1) is 11.8 Å². The lowest BCUT2D eigenvalue weighted by Crippen LogP contribution is -2.32. The van der Waals surface area contributed by atoms with Gasteiger partial charge in [-0.2, -0.15) is 4.98 Å². The molecule has 240 valence electrons. The van der Waals surface area contributed by atoms with E-state index in [2.05, 4.69) is 39.1 Å². The van der Waals surface area contributed by atoms with Gasteiger partial charge in [0.15, 0.2) is 0 Å². The SMILES string of the molecule is CN(C)c1cccc2c(S(=O)(=O)NC[C@H]3CC[C@H](CNc4nc(N(C)CCc5ccccn5)c5ccccc5n4)CC3)cccc12. The topological polar surface area (TPSA) is 103 Å². The van der Waals surface area contributed by atoms with Crippen LogP contribution in [-0.2, 0) is 16.4 Å². The standard InChI is InChI=1S/C36H43N7O2S/c1-42(2)33-15-8-13-30-29(33)12-9-16-34(30)46(44,45)39-25-27-19-17-26(18-20-27)24-38-36-40-32-14-5-4-11-31(32)35(41-36)43(3)23-21-28-10-6-7-22-37-28/h4-16,22,26-27,39H,17-21,23-25H2,1-3H3,(H,38,40,41)/t26-,27-. The summed E-state index contributed by atoms with van der Waals surface area (Å²) < 4.78 is 29.8. The first-order valence-electron chi connectivity index (χ1n) is 16.1. The Balaban J connectivity index is 1.04.